The molecular weight excluding hydrogens is 477 g/mol. The molecule has 0 heterocycles. The summed E-state index contributed by atoms with van der Waals surface area (Å²) in [5, 5.41) is 4.01. The number of nitrogens with zero attached hydrogens (tertiary/aromatic N) is 1. The maximum absolute atomic E-state index is 13.9. The van der Waals surface area contributed by atoms with E-state index in [1.54, 1.807) is 42.5 Å². The Morgan fingerprint density at radius 1 is 1.00 bits per heavy atom. The maximum Gasteiger partial charge on any atom is 0.217 e. The van der Waals surface area contributed by atoms with Gasteiger partial charge in [-0.2, -0.15) is 0 Å². The summed E-state index contributed by atoms with van der Waals surface area (Å²) >= 11 is 0. The molecule has 1 aliphatic carbocycles. The molecule has 0 aliphatic heterocycles. The molecule has 0 radical (unpaired) electrons. The Morgan fingerprint density at radius 2 is 1.62 bits per heavy atom. The summed E-state index contributed by atoms with van der Waals surface area (Å²) in [6.45, 7) is 2.21. The fraction of sp³-hybridized carbons (Fsp3) is 0.500. The molecule has 0 bridgehead atoms. The van der Waals surface area contributed by atoms with Crippen molar-refractivity contribution in [1.29, 1.82) is 0 Å². The number of rotatable bonds is 9. The predicted molar refractivity (Wildman–Crippen MR) is 132 cm³/mol. The van der Waals surface area contributed by atoms with Gasteiger partial charge in [0.05, 0.1) is 5.75 Å². The van der Waals surface area contributed by atoms with Gasteiger partial charge in [-0.15, -0.1) is 0 Å². The number of hydrogen-bond acceptors (Lipinski definition) is 5. The second kappa shape index (κ2) is 10.0. The highest BCUT2D eigenvalue weighted by Crippen LogP contribution is 2.48. The maximum atomic E-state index is 13.9. The zero-order chi connectivity index (χ0) is 25.2. The minimum Gasteiger partial charge on any atom is -0.300 e. The molecule has 1 saturated carbocycles. The van der Waals surface area contributed by atoms with Crippen LogP contribution in [0.3, 0.4) is 0 Å². The first-order chi connectivity index (χ1) is 15.8. The van der Waals surface area contributed by atoms with Crippen LogP contribution in [-0.4, -0.2) is 48.1 Å². The van der Waals surface area contributed by atoms with E-state index in [2.05, 4.69) is 9.62 Å². The van der Waals surface area contributed by atoms with Crippen molar-refractivity contribution < 1.29 is 21.2 Å². The molecule has 1 aliphatic rings. The summed E-state index contributed by atoms with van der Waals surface area (Å²) < 4.78 is 66.5. The summed E-state index contributed by atoms with van der Waals surface area (Å²) in [6, 6.07) is 14.8. The van der Waals surface area contributed by atoms with E-state index in [9.17, 15) is 21.2 Å². The molecule has 34 heavy (non-hydrogen) atoms. The van der Waals surface area contributed by atoms with Gasteiger partial charge >= 0.3 is 0 Å². The number of primary sulfonamides is 1. The van der Waals surface area contributed by atoms with Crippen molar-refractivity contribution in [2.24, 2.45) is 10.6 Å². The Balaban J connectivity index is 1.70. The summed E-state index contributed by atoms with van der Waals surface area (Å²) in [7, 11) is -4.09. The fourth-order valence-corrected chi connectivity index (χ4v) is 7.92. The highest BCUT2D eigenvalue weighted by Gasteiger charge is 2.43. The Morgan fingerprint density at radius 3 is 2.15 bits per heavy atom. The average Bonchev–Trinajstić information content (AvgIpc) is 2.77. The molecule has 188 valence electrons. The Kier molecular flexibility index (Phi) is 7.89. The third-order valence-electron chi connectivity index (χ3n) is 7.16. The topological polar surface area (TPSA) is 110 Å². The molecule has 1 fully saturated rings. The van der Waals surface area contributed by atoms with Crippen LogP contribution in [0, 0.1) is 11.2 Å². The van der Waals surface area contributed by atoms with Gasteiger partial charge in [0.1, 0.15) is 11.1 Å². The number of halogens is 1. The van der Waals surface area contributed by atoms with E-state index < -0.39 is 31.0 Å². The molecule has 0 saturated heterocycles. The lowest BCUT2D eigenvalue weighted by Crippen LogP contribution is -2.49. The van der Waals surface area contributed by atoms with Crippen LogP contribution >= 0.6 is 0 Å². The molecule has 0 spiro atoms. The van der Waals surface area contributed by atoms with Crippen molar-refractivity contribution in [2.45, 2.75) is 43.4 Å². The highest BCUT2D eigenvalue weighted by atomic mass is 32.2. The monoisotopic (exact) mass is 511 g/mol. The van der Waals surface area contributed by atoms with Crippen LogP contribution < -0.4 is 9.86 Å². The zero-order valence-electron chi connectivity index (χ0n) is 19.9. The summed E-state index contributed by atoms with van der Waals surface area (Å²) in [4.78, 5) is 2.11. The van der Waals surface area contributed by atoms with Crippen molar-refractivity contribution >= 4 is 20.0 Å². The molecule has 7 nitrogen and oxygen atoms in total. The fourth-order valence-electron chi connectivity index (χ4n) is 4.81. The van der Waals surface area contributed by atoms with Crippen LogP contribution in [0.4, 0.5) is 4.39 Å². The van der Waals surface area contributed by atoms with E-state index in [1.165, 1.54) is 6.07 Å². The molecule has 0 aromatic heterocycles. The molecule has 0 amide bonds. The van der Waals surface area contributed by atoms with Crippen LogP contribution in [-0.2, 0) is 25.6 Å². The van der Waals surface area contributed by atoms with Gasteiger partial charge in [0.15, 0.2) is 0 Å². The SMILES string of the molecule is CN(C)C1(c2cccc(F)c2)CCC(C)(CNS(=O)(=O)CC(c2ccccc2)S(N)(=O)=O)CC1. The zero-order valence-corrected chi connectivity index (χ0v) is 21.5. The largest absolute Gasteiger partial charge is 0.300 e. The quantitative estimate of drug-likeness (QED) is 0.538. The molecule has 1 unspecified atom stereocenters. The van der Waals surface area contributed by atoms with Gasteiger partial charge in [0.2, 0.25) is 20.0 Å². The first-order valence-electron chi connectivity index (χ1n) is 11.2. The summed E-state index contributed by atoms with van der Waals surface area (Å²) in [6.07, 6.45) is 2.93. The number of sulfonamides is 2. The van der Waals surface area contributed by atoms with Crippen LogP contribution in [0.15, 0.2) is 54.6 Å². The van der Waals surface area contributed by atoms with Crippen molar-refractivity contribution in [3.8, 4) is 0 Å². The van der Waals surface area contributed by atoms with Crippen molar-refractivity contribution in [2.75, 3.05) is 26.4 Å². The van der Waals surface area contributed by atoms with Gasteiger partial charge in [-0.3, -0.25) is 4.90 Å². The number of benzene rings is 2. The minimum atomic E-state index is -4.12. The van der Waals surface area contributed by atoms with Gasteiger partial charge in [0, 0.05) is 12.1 Å². The van der Waals surface area contributed by atoms with Gasteiger partial charge in [-0.05, 0) is 68.5 Å². The minimum absolute atomic E-state index is 0.189. The number of nitrogens with two attached hydrogens (primary N) is 1. The standard InChI is InChI=1S/C24H34FN3O4S2/c1-23(12-14-24(15-13-23,28(2)3)20-10-7-11-21(25)16-20)18-27-33(29,30)17-22(34(26,31)32)19-8-5-4-6-9-19/h4-11,16,22,27H,12-15,17-18H2,1-3H3,(H2,26,31,32). The average molecular weight is 512 g/mol. The molecule has 2 aromatic rings. The van der Waals surface area contributed by atoms with Crippen LogP contribution in [0.5, 0.6) is 0 Å². The Labute approximate surface area is 202 Å². The first-order valence-corrected chi connectivity index (χ1v) is 14.5. The number of hydrogen-bond donors (Lipinski definition) is 2. The van der Waals surface area contributed by atoms with Gasteiger partial charge in [-0.25, -0.2) is 31.1 Å². The first kappa shape index (κ1) is 26.7. The van der Waals surface area contributed by atoms with Gasteiger partial charge in [0.25, 0.3) is 0 Å². The van der Waals surface area contributed by atoms with Crippen molar-refractivity contribution in [3.63, 3.8) is 0 Å². The van der Waals surface area contributed by atoms with Crippen LogP contribution in [0.25, 0.3) is 0 Å². The van der Waals surface area contributed by atoms with Crippen LogP contribution in [0.1, 0.15) is 49.0 Å². The normalized spacial score (nSPS) is 24.8. The van der Waals surface area contributed by atoms with E-state index in [-0.39, 0.29) is 23.3 Å². The van der Waals surface area contributed by atoms with E-state index >= 15 is 0 Å². The smallest absolute Gasteiger partial charge is 0.217 e. The van der Waals surface area contributed by atoms with Gasteiger partial charge < -0.3 is 0 Å². The molecular formula is C24H34FN3O4S2. The van der Waals surface area contributed by atoms with Crippen molar-refractivity contribution in [3.05, 3.63) is 71.5 Å². The summed E-state index contributed by atoms with van der Waals surface area (Å²) in [5.74, 6) is -0.917. The lowest BCUT2D eigenvalue weighted by molar-refractivity contribution is 0.0445. The van der Waals surface area contributed by atoms with Crippen molar-refractivity contribution in [1.82, 2.24) is 9.62 Å². The molecule has 2 aromatic carbocycles. The van der Waals surface area contributed by atoms with E-state index in [1.807, 2.05) is 27.1 Å². The van der Waals surface area contributed by atoms with E-state index in [4.69, 9.17) is 5.14 Å². The molecule has 3 N–H and O–H groups in total. The Bertz CT molecular complexity index is 1190. The molecule has 1 atom stereocenters. The molecule has 10 heteroatoms. The van der Waals surface area contributed by atoms with E-state index in [0.29, 0.717) is 5.56 Å². The Hall–Kier alpha value is -1.85. The summed E-state index contributed by atoms with van der Waals surface area (Å²) in [5.41, 5.74) is 0.611. The second-order valence-corrected chi connectivity index (χ2v) is 13.4. The van der Waals surface area contributed by atoms with E-state index in [0.717, 1.165) is 31.2 Å². The second-order valence-electron chi connectivity index (χ2n) is 9.84. The van der Waals surface area contributed by atoms with Gasteiger partial charge in [-0.1, -0.05) is 49.4 Å². The lowest BCUT2D eigenvalue weighted by atomic mass is 9.65. The third-order valence-corrected chi connectivity index (χ3v) is 9.96. The lowest BCUT2D eigenvalue weighted by Gasteiger charge is -2.49. The number of nitrogens with one attached hydrogen (secondary N) is 1. The third kappa shape index (κ3) is 6.23. The predicted octanol–water partition coefficient (Wildman–Crippen LogP) is 3.11. The highest BCUT2D eigenvalue weighted by molar-refractivity contribution is 7.93. The molecule has 3 rings (SSSR count). The van der Waals surface area contributed by atoms with Crippen LogP contribution in [0.2, 0.25) is 0 Å².